The Kier molecular flexibility index (Phi) is 44.4. The maximum atomic E-state index is 9.22. The van der Waals surface area contributed by atoms with Crippen LogP contribution in [-0.2, 0) is 33.6 Å². The SMILES string of the molecule is C=O.CC(=O)O.CC(=O)O.CC(N)=O.CC(N)=O.CC=O.CC=O.Cc1ccc(N)cc1.Cc1ccc2nc(-c3ccc(-c4nc5ccc(C)cc5[nH]4)cc3)[nH]c2c1.Nc1ccc(-c2ccc(N)c(N)c2)cc1N.c1ccccc1.c1ccccc1.c1ccccc1. The monoisotopic (exact) mass is 1250 g/mol. The highest BCUT2D eigenvalue weighted by Crippen LogP contribution is 2.29. The number of nitrogen functional groups attached to an aromatic ring is 5. The number of amides is 2. The fourth-order valence-corrected chi connectivity index (χ4v) is 6.54. The highest BCUT2D eigenvalue weighted by molar-refractivity contribution is 5.83. The van der Waals surface area contributed by atoms with Crippen LogP contribution in [-0.4, -0.2) is 73.3 Å². The van der Waals surface area contributed by atoms with Crippen LogP contribution < -0.4 is 40.1 Å². The second-order valence-electron chi connectivity index (χ2n) is 18.6. The van der Waals surface area contributed by atoms with Crippen molar-refractivity contribution >= 4 is 93.6 Å². The van der Waals surface area contributed by atoms with Gasteiger partial charge in [0.1, 0.15) is 31.0 Å². The number of benzene rings is 9. The number of aldehydes is 2. The molecular weight excluding hydrogens is 1160 g/mol. The first-order chi connectivity index (χ1) is 43.8. The van der Waals surface area contributed by atoms with Gasteiger partial charge in [-0.25, -0.2) is 9.97 Å². The standard InChI is InChI=1S/C22H18N4.C12H14N4.C7H9N.3C6H6.2C2H5NO.2C2H4O2.2C2H4O.CH2O/c1-13-3-9-17-19(11-13)25-21(23-17)15-5-7-16(8-6-15)22-24-18-10-4-14(2)12-20(18)26-22;13-9-3-1-7(5-11(9)15)8-2-4-10(14)12(16)6-8;1-6-2-4-7(8)5-3-6;3*1-2-4-6-5-3-1;4*1-2(3)4;2*1-2-3;1-2/h3-12H,1-2H3,(H,23,25)(H,24,26);1-6H,13-16H2;2-5H,8H2,1H3;3*1-6H;2*1H3,(H2,3,4);2*1H3,(H,3,4);2*2H,1H3;1H2. The van der Waals surface area contributed by atoms with Crippen molar-refractivity contribution in [2.45, 2.75) is 62.3 Å². The molecule has 18 N–H and O–H groups in total. The van der Waals surface area contributed by atoms with Crippen LogP contribution in [0.15, 0.2) is 231 Å². The van der Waals surface area contributed by atoms with Crippen LogP contribution >= 0.6 is 0 Å². The van der Waals surface area contributed by atoms with Gasteiger partial charge in [0.15, 0.2) is 0 Å². The molecule has 0 fully saturated rings. The molecule has 2 heterocycles. The van der Waals surface area contributed by atoms with E-state index in [2.05, 4.69) is 95.9 Å². The molecule has 0 bridgehead atoms. The van der Waals surface area contributed by atoms with Crippen LogP contribution in [0, 0.1) is 20.8 Å². The van der Waals surface area contributed by atoms with E-state index in [9.17, 15) is 9.59 Å². The van der Waals surface area contributed by atoms with E-state index in [0.717, 1.165) is 88.1 Å². The molecular formula is C72H87N11O9. The number of carbonyl (C=O) groups excluding carboxylic acids is 5. The van der Waals surface area contributed by atoms with Gasteiger partial charge in [0.2, 0.25) is 11.8 Å². The second kappa shape index (κ2) is 49.9. The zero-order valence-electron chi connectivity index (χ0n) is 53.5. The summed E-state index contributed by atoms with van der Waals surface area (Å²) in [6, 6.07) is 75.6. The van der Waals surface area contributed by atoms with Gasteiger partial charge in [0.25, 0.3) is 11.9 Å². The van der Waals surface area contributed by atoms with E-state index in [4.69, 9.17) is 72.8 Å². The number of rotatable bonds is 3. The Bertz CT molecular complexity index is 3400. The van der Waals surface area contributed by atoms with Crippen molar-refractivity contribution in [1.29, 1.82) is 0 Å². The molecule has 2 aromatic heterocycles. The lowest BCUT2D eigenvalue weighted by Crippen LogP contribution is -2.01. The minimum absolute atomic E-state index is 0.333. The number of primary amides is 2. The summed E-state index contributed by atoms with van der Waals surface area (Å²) in [4.78, 5) is 78.2. The molecule has 0 aliphatic rings. The summed E-state index contributed by atoms with van der Waals surface area (Å²) in [6.07, 6.45) is 1.50. The van der Waals surface area contributed by atoms with Crippen LogP contribution in [0.2, 0.25) is 0 Å². The van der Waals surface area contributed by atoms with Gasteiger partial charge in [-0.3, -0.25) is 19.2 Å². The summed E-state index contributed by atoms with van der Waals surface area (Å²) in [5.74, 6) is -0.560. The number of imidazole rings is 2. The Morgan fingerprint density at radius 1 is 0.380 bits per heavy atom. The molecule has 0 spiro atoms. The van der Waals surface area contributed by atoms with Gasteiger partial charge in [-0.2, -0.15) is 0 Å². The van der Waals surface area contributed by atoms with Crippen molar-refractivity contribution in [3.8, 4) is 33.9 Å². The van der Waals surface area contributed by atoms with E-state index in [0.29, 0.717) is 22.7 Å². The quantitative estimate of drug-likeness (QED) is 0.0578. The lowest BCUT2D eigenvalue weighted by atomic mass is 10.0. The van der Waals surface area contributed by atoms with Crippen molar-refractivity contribution in [3.63, 3.8) is 0 Å². The third kappa shape index (κ3) is 41.0. The van der Waals surface area contributed by atoms with Gasteiger partial charge in [-0.1, -0.05) is 175 Å². The minimum atomic E-state index is -0.833. The summed E-state index contributed by atoms with van der Waals surface area (Å²) >= 11 is 0. The summed E-state index contributed by atoms with van der Waals surface area (Å²) < 4.78 is 0. The number of aliphatic carboxylic acids is 2. The van der Waals surface area contributed by atoms with Gasteiger partial charge in [0, 0.05) is 44.5 Å². The van der Waals surface area contributed by atoms with Gasteiger partial charge < -0.3 is 74.7 Å². The molecule has 0 saturated carbocycles. The van der Waals surface area contributed by atoms with E-state index < -0.39 is 11.9 Å². The van der Waals surface area contributed by atoms with E-state index in [1.165, 1.54) is 44.4 Å². The normalized spacial score (nSPS) is 8.79. The molecule has 0 saturated heterocycles. The Morgan fingerprint density at radius 3 is 0.815 bits per heavy atom. The molecule has 0 aliphatic carbocycles. The zero-order valence-corrected chi connectivity index (χ0v) is 53.5. The molecule has 20 heteroatoms. The average molecular weight is 1250 g/mol. The number of nitrogens with two attached hydrogens (primary N) is 7. The molecule has 20 nitrogen and oxygen atoms in total. The van der Waals surface area contributed by atoms with Gasteiger partial charge >= 0.3 is 0 Å². The third-order valence-corrected chi connectivity index (χ3v) is 10.3. The van der Waals surface area contributed by atoms with Crippen LogP contribution in [0.4, 0.5) is 28.4 Å². The molecule has 11 aromatic rings. The predicted molar refractivity (Wildman–Crippen MR) is 377 cm³/mol. The number of hydrogen-bond acceptors (Lipinski definition) is 14. The van der Waals surface area contributed by atoms with Crippen molar-refractivity contribution in [3.05, 3.63) is 247 Å². The average Bonchev–Trinajstić information content (AvgIpc) is 1.82. The van der Waals surface area contributed by atoms with E-state index in [1.807, 2.05) is 171 Å². The van der Waals surface area contributed by atoms with Crippen LogP contribution in [0.5, 0.6) is 0 Å². The first-order valence-corrected chi connectivity index (χ1v) is 27.9. The Hall–Kier alpha value is -12.2. The number of fused-ring (bicyclic) bond motifs is 2. The van der Waals surface area contributed by atoms with Gasteiger partial charge in [0.05, 0.1) is 44.8 Å². The van der Waals surface area contributed by atoms with Crippen molar-refractivity contribution in [2.24, 2.45) is 11.5 Å². The lowest BCUT2D eigenvalue weighted by molar-refractivity contribution is -0.135. The summed E-state index contributed by atoms with van der Waals surface area (Å²) in [5.41, 5.74) is 52.1. The number of aromatic amines is 2. The maximum absolute atomic E-state index is 9.22. The maximum Gasteiger partial charge on any atom is 0.300 e. The number of nitrogens with zero attached hydrogens (tertiary/aromatic N) is 2. The van der Waals surface area contributed by atoms with E-state index in [-0.39, 0.29) is 11.8 Å². The number of carboxylic acid groups (broad SMARTS) is 2. The molecule has 2 amide bonds. The highest BCUT2D eigenvalue weighted by Gasteiger charge is 2.09. The highest BCUT2D eigenvalue weighted by atomic mass is 16.4. The second-order valence-corrected chi connectivity index (χ2v) is 18.6. The van der Waals surface area contributed by atoms with Crippen molar-refractivity contribution < 1.29 is 43.8 Å². The summed E-state index contributed by atoms with van der Waals surface area (Å²) in [5, 5.41) is 14.8. The van der Waals surface area contributed by atoms with Crippen LogP contribution in [0.1, 0.15) is 58.2 Å². The largest absolute Gasteiger partial charge is 0.481 e. The Morgan fingerprint density at radius 2 is 0.598 bits per heavy atom. The van der Waals surface area contributed by atoms with E-state index in [1.54, 1.807) is 12.1 Å². The Balaban J connectivity index is 0. The number of H-pyrrole nitrogens is 2. The number of aryl methyl sites for hydroxylation is 3. The minimum Gasteiger partial charge on any atom is -0.481 e. The molecule has 9 aromatic carbocycles. The first-order valence-electron chi connectivity index (χ1n) is 27.9. The molecule has 0 unspecified atom stereocenters. The smallest absolute Gasteiger partial charge is 0.300 e. The third-order valence-electron chi connectivity index (χ3n) is 10.3. The fraction of sp³-hybridized carbons (Fsp3) is 0.125. The van der Waals surface area contributed by atoms with Crippen LogP contribution in [0.3, 0.4) is 0 Å². The van der Waals surface area contributed by atoms with Crippen molar-refractivity contribution in [1.82, 2.24) is 19.9 Å². The number of carboxylic acids is 2. The molecule has 11 rings (SSSR count). The number of carbonyl (C=O) groups is 7. The number of anilines is 5. The Labute approximate surface area is 538 Å². The van der Waals surface area contributed by atoms with Crippen LogP contribution in [0.25, 0.3) is 56.0 Å². The molecule has 0 aliphatic heterocycles. The fourth-order valence-electron chi connectivity index (χ4n) is 6.54. The summed E-state index contributed by atoms with van der Waals surface area (Å²) in [6.45, 7) is 15.9. The zero-order chi connectivity index (χ0) is 69.8. The van der Waals surface area contributed by atoms with Crippen molar-refractivity contribution in [2.75, 3.05) is 28.7 Å². The van der Waals surface area contributed by atoms with Gasteiger partial charge in [-0.05, 0) is 118 Å². The number of hydrogen-bond donors (Lipinski definition) is 11. The number of nitrogens with one attached hydrogen (secondary N) is 2. The summed E-state index contributed by atoms with van der Waals surface area (Å²) in [7, 11) is 0. The first kappa shape index (κ1) is 81.9. The van der Waals surface area contributed by atoms with E-state index >= 15 is 0 Å². The molecule has 484 valence electrons. The number of aromatic nitrogens is 4. The molecule has 0 radical (unpaired) electrons. The topological polar surface area (TPSA) is 399 Å². The molecule has 0 atom stereocenters. The lowest BCUT2D eigenvalue weighted by Gasteiger charge is -2.07. The van der Waals surface area contributed by atoms with Gasteiger partial charge in [-0.15, -0.1) is 0 Å². The predicted octanol–water partition coefficient (Wildman–Crippen LogP) is 13.1. The molecule has 92 heavy (non-hydrogen) atoms.